The maximum absolute atomic E-state index is 12.8. The van der Waals surface area contributed by atoms with Crippen LogP contribution in [0.4, 0.5) is 0 Å². The summed E-state index contributed by atoms with van der Waals surface area (Å²) in [6.07, 6.45) is 28.0. The van der Waals surface area contributed by atoms with E-state index in [2.05, 4.69) is 31.3 Å². The molecular weight excluding hydrogens is 622 g/mol. The van der Waals surface area contributed by atoms with Crippen LogP contribution in [0.3, 0.4) is 0 Å². The van der Waals surface area contributed by atoms with E-state index in [9.17, 15) is 30.3 Å². The molecule has 1 aliphatic rings. The molecular formula is C40H75NO8. The minimum atomic E-state index is -1.57. The molecule has 1 saturated heterocycles. The molecule has 1 aliphatic heterocycles. The Labute approximate surface area is 298 Å². The number of carbonyl (C=O) groups excluding carboxylic acids is 1. The van der Waals surface area contributed by atoms with E-state index in [-0.39, 0.29) is 12.5 Å². The molecule has 6 N–H and O–H groups in total. The molecule has 1 rings (SSSR count). The van der Waals surface area contributed by atoms with E-state index in [1.165, 1.54) is 109 Å². The van der Waals surface area contributed by atoms with Gasteiger partial charge >= 0.3 is 0 Å². The summed E-state index contributed by atoms with van der Waals surface area (Å²) >= 11 is 0. The van der Waals surface area contributed by atoms with Crippen molar-refractivity contribution in [1.29, 1.82) is 0 Å². The van der Waals surface area contributed by atoms with Crippen molar-refractivity contribution in [2.45, 2.75) is 211 Å². The van der Waals surface area contributed by atoms with Gasteiger partial charge in [0.1, 0.15) is 24.4 Å². The highest BCUT2D eigenvalue weighted by molar-refractivity contribution is 5.76. The van der Waals surface area contributed by atoms with E-state index in [0.29, 0.717) is 6.42 Å². The first-order valence-corrected chi connectivity index (χ1v) is 20.1. The normalized spacial score (nSPS) is 22.6. The van der Waals surface area contributed by atoms with Gasteiger partial charge in [-0.15, -0.1) is 0 Å². The second kappa shape index (κ2) is 31.4. The quantitative estimate of drug-likeness (QED) is 0.0320. The molecule has 2 unspecified atom stereocenters. The average Bonchev–Trinajstić information content (AvgIpc) is 3.10. The first kappa shape index (κ1) is 45.7. The number of hydrogen-bond donors (Lipinski definition) is 6. The van der Waals surface area contributed by atoms with Crippen LogP contribution in [-0.2, 0) is 14.3 Å². The van der Waals surface area contributed by atoms with Crippen molar-refractivity contribution < 1.29 is 39.8 Å². The molecule has 0 bridgehead atoms. The van der Waals surface area contributed by atoms with E-state index < -0.39 is 49.5 Å². The topological polar surface area (TPSA) is 149 Å². The fraction of sp³-hybridized carbons (Fsp3) is 0.875. The van der Waals surface area contributed by atoms with Crippen LogP contribution in [0.2, 0.25) is 0 Å². The fourth-order valence-electron chi connectivity index (χ4n) is 6.23. The van der Waals surface area contributed by atoms with Gasteiger partial charge in [-0.05, 0) is 32.1 Å². The fourth-order valence-corrected chi connectivity index (χ4v) is 6.23. The molecule has 288 valence electrons. The van der Waals surface area contributed by atoms with Gasteiger partial charge in [-0.1, -0.05) is 154 Å². The number of rotatable bonds is 32. The first-order valence-electron chi connectivity index (χ1n) is 20.1. The number of ether oxygens (including phenoxy) is 2. The molecule has 1 amide bonds. The lowest BCUT2D eigenvalue weighted by atomic mass is 9.99. The number of nitrogens with one attached hydrogen (secondary N) is 1. The minimum Gasteiger partial charge on any atom is -0.394 e. The van der Waals surface area contributed by atoms with Crippen LogP contribution in [0, 0.1) is 0 Å². The van der Waals surface area contributed by atoms with Crippen molar-refractivity contribution in [3.63, 3.8) is 0 Å². The third-order valence-electron chi connectivity index (χ3n) is 9.53. The molecule has 0 radical (unpaired) electrons. The number of aliphatic hydroxyl groups is 5. The largest absolute Gasteiger partial charge is 0.394 e. The Bertz CT molecular complexity index is 822. The van der Waals surface area contributed by atoms with Crippen LogP contribution in [-0.4, -0.2) is 87.5 Å². The van der Waals surface area contributed by atoms with Crippen LogP contribution in [0.5, 0.6) is 0 Å². The average molecular weight is 698 g/mol. The monoisotopic (exact) mass is 698 g/mol. The third kappa shape index (κ3) is 23.0. The Kier molecular flexibility index (Phi) is 29.3. The Morgan fingerprint density at radius 2 is 1.16 bits per heavy atom. The maximum atomic E-state index is 12.8. The summed E-state index contributed by atoms with van der Waals surface area (Å²) < 4.78 is 11.1. The predicted octanol–water partition coefficient (Wildman–Crippen LogP) is 7.16. The lowest BCUT2D eigenvalue weighted by Gasteiger charge is -2.40. The van der Waals surface area contributed by atoms with Gasteiger partial charge in [-0.25, -0.2) is 0 Å². The molecule has 0 aliphatic carbocycles. The Hall–Kier alpha value is -1.33. The summed E-state index contributed by atoms with van der Waals surface area (Å²) in [7, 11) is 0. The number of unbranched alkanes of at least 4 members (excludes halogenated alkanes) is 20. The van der Waals surface area contributed by atoms with E-state index in [1.54, 1.807) is 6.08 Å². The summed E-state index contributed by atoms with van der Waals surface area (Å²) in [5, 5.41) is 53.8. The molecule has 49 heavy (non-hydrogen) atoms. The van der Waals surface area contributed by atoms with Gasteiger partial charge in [0.25, 0.3) is 0 Å². The standard InChI is InChI=1S/C40H75NO8/c1-3-5-7-9-11-13-14-15-16-17-18-19-20-22-23-25-27-29-34(43)33(32-48-40-39(47)38(46)37(45)35(31-42)49-40)41-36(44)30-28-26-24-21-12-10-8-6-4-2/h20,22,27,29,33-35,37-40,42-43,45-47H,3-19,21,23-26,28,30-32H2,1-2H3,(H,41,44)/b22-20+,29-27+/t33-,34+,35+,37+,38?,39?,40+/m0/s1. The van der Waals surface area contributed by atoms with Crippen LogP contribution >= 0.6 is 0 Å². The van der Waals surface area contributed by atoms with Crippen molar-refractivity contribution in [2.24, 2.45) is 0 Å². The van der Waals surface area contributed by atoms with E-state index in [4.69, 9.17) is 9.47 Å². The van der Waals surface area contributed by atoms with Crippen LogP contribution in [0.15, 0.2) is 24.3 Å². The highest BCUT2D eigenvalue weighted by Crippen LogP contribution is 2.22. The van der Waals surface area contributed by atoms with E-state index >= 15 is 0 Å². The second-order valence-corrected chi connectivity index (χ2v) is 14.1. The predicted molar refractivity (Wildman–Crippen MR) is 198 cm³/mol. The summed E-state index contributed by atoms with van der Waals surface area (Å²) in [6.45, 7) is 3.71. The molecule has 0 aromatic rings. The van der Waals surface area contributed by atoms with Gasteiger partial charge in [-0.2, -0.15) is 0 Å². The molecule has 0 spiro atoms. The lowest BCUT2D eigenvalue weighted by molar-refractivity contribution is -0.302. The smallest absolute Gasteiger partial charge is 0.220 e. The van der Waals surface area contributed by atoms with Crippen LogP contribution in [0.25, 0.3) is 0 Å². The Morgan fingerprint density at radius 1 is 0.673 bits per heavy atom. The highest BCUT2D eigenvalue weighted by atomic mass is 16.7. The Balaban J connectivity index is 2.44. The van der Waals surface area contributed by atoms with Gasteiger partial charge < -0.3 is 40.3 Å². The van der Waals surface area contributed by atoms with Crippen LogP contribution in [0.1, 0.15) is 168 Å². The number of carbonyl (C=O) groups is 1. The number of aliphatic hydroxyl groups excluding tert-OH is 5. The van der Waals surface area contributed by atoms with Crippen molar-refractivity contribution in [1.82, 2.24) is 5.32 Å². The second-order valence-electron chi connectivity index (χ2n) is 14.1. The highest BCUT2D eigenvalue weighted by Gasteiger charge is 2.44. The lowest BCUT2D eigenvalue weighted by Crippen LogP contribution is -2.60. The molecule has 0 aromatic carbocycles. The third-order valence-corrected chi connectivity index (χ3v) is 9.53. The number of hydrogen-bond acceptors (Lipinski definition) is 8. The molecule has 9 heteroatoms. The van der Waals surface area contributed by atoms with Crippen molar-refractivity contribution in [3.05, 3.63) is 24.3 Å². The summed E-state index contributed by atoms with van der Waals surface area (Å²) in [5.74, 6) is -0.192. The number of amides is 1. The van der Waals surface area contributed by atoms with E-state index in [1.807, 2.05) is 6.08 Å². The molecule has 0 saturated carbocycles. The minimum absolute atomic E-state index is 0.192. The SMILES string of the molecule is CCCCCCCCCCCCC/C=C/CC/C=C/[C@@H](O)[C@H](CO[C@@H]1O[C@H](CO)[C@@H](O)C(O)C1O)NC(=O)CCCCCCCCCCC. The molecule has 0 aromatic heterocycles. The Morgan fingerprint density at radius 3 is 1.71 bits per heavy atom. The zero-order valence-corrected chi connectivity index (χ0v) is 31.2. The van der Waals surface area contributed by atoms with Crippen LogP contribution < -0.4 is 5.32 Å². The van der Waals surface area contributed by atoms with Gasteiger partial charge in [0.2, 0.25) is 5.91 Å². The number of allylic oxidation sites excluding steroid dienone is 3. The molecule has 9 nitrogen and oxygen atoms in total. The first-order chi connectivity index (χ1) is 23.8. The van der Waals surface area contributed by atoms with E-state index in [0.717, 1.165) is 38.5 Å². The van der Waals surface area contributed by atoms with Gasteiger partial charge in [0, 0.05) is 6.42 Å². The maximum Gasteiger partial charge on any atom is 0.220 e. The van der Waals surface area contributed by atoms with Crippen molar-refractivity contribution in [3.8, 4) is 0 Å². The van der Waals surface area contributed by atoms with Gasteiger partial charge in [0.15, 0.2) is 6.29 Å². The van der Waals surface area contributed by atoms with Gasteiger partial charge in [0.05, 0.1) is 25.4 Å². The zero-order valence-electron chi connectivity index (χ0n) is 31.2. The molecule has 1 heterocycles. The summed E-state index contributed by atoms with van der Waals surface area (Å²) in [6, 6.07) is -0.814. The summed E-state index contributed by atoms with van der Waals surface area (Å²) in [5.41, 5.74) is 0. The van der Waals surface area contributed by atoms with Crippen molar-refractivity contribution in [2.75, 3.05) is 13.2 Å². The van der Waals surface area contributed by atoms with Crippen molar-refractivity contribution >= 4 is 5.91 Å². The zero-order chi connectivity index (χ0) is 36.0. The molecule has 1 fully saturated rings. The van der Waals surface area contributed by atoms with Gasteiger partial charge in [-0.3, -0.25) is 4.79 Å². The molecule has 7 atom stereocenters. The summed E-state index contributed by atoms with van der Waals surface area (Å²) in [4.78, 5) is 12.8.